The highest BCUT2D eigenvalue weighted by Gasteiger charge is 2.57. The van der Waals surface area contributed by atoms with Crippen molar-refractivity contribution in [2.24, 2.45) is 11.3 Å². The van der Waals surface area contributed by atoms with E-state index in [4.69, 9.17) is 0 Å². The van der Waals surface area contributed by atoms with Crippen LogP contribution in [0.2, 0.25) is 0 Å². The molecule has 2 fully saturated rings. The fourth-order valence-corrected chi connectivity index (χ4v) is 3.36. The zero-order chi connectivity index (χ0) is 11.7. The zero-order valence-corrected chi connectivity index (χ0v) is 10.6. The number of nitrogens with zero attached hydrogens (tertiary/aromatic N) is 1. The van der Waals surface area contributed by atoms with Crippen LogP contribution in [-0.2, 0) is 11.3 Å². The number of thiazole rings is 1. The van der Waals surface area contributed by atoms with Crippen LogP contribution in [0.4, 0.5) is 0 Å². The van der Waals surface area contributed by atoms with Crippen LogP contribution in [-0.4, -0.2) is 24.0 Å². The lowest BCUT2D eigenvalue weighted by Crippen LogP contribution is -2.33. The number of nitrogens with one attached hydrogen (secondary N) is 2. The third-order valence-corrected chi connectivity index (χ3v) is 4.81. The van der Waals surface area contributed by atoms with E-state index >= 15 is 0 Å². The monoisotopic (exact) mass is 251 g/mol. The van der Waals surface area contributed by atoms with Gasteiger partial charge in [0.25, 0.3) is 0 Å². The van der Waals surface area contributed by atoms with Crippen LogP contribution in [0.5, 0.6) is 0 Å². The second kappa shape index (κ2) is 4.38. The largest absolute Gasteiger partial charge is 0.351 e. The van der Waals surface area contributed by atoms with Crippen molar-refractivity contribution in [1.82, 2.24) is 15.6 Å². The molecule has 1 saturated carbocycles. The molecule has 3 rings (SSSR count). The van der Waals surface area contributed by atoms with Crippen molar-refractivity contribution in [2.75, 3.05) is 13.1 Å². The third-order valence-electron chi connectivity index (χ3n) is 4.03. The molecule has 0 aromatic carbocycles. The Bertz CT molecular complexity index is 398. The van der Waals surface area contributed by atoms with Gasteiger partial charge in [-0.1, -0.05) is 0 Å². The Morgan fingerprint density at radius 2 is 2.41 bits per heavy atom. The van der Waals surface area contributed by atoms with Crippen molar-refractivity contribution in [2.45, 2.75) is 25.8 Å². The first-order valence-electron chi connectivity index (χ1n) is 6.16. The summed E-state index contributed by atoms with van der Waals surface area (Å²) in [5.41, 5.74) is 2.13. The van der Waals surface area contributed by atoms with E-state index in [0.29, 0.717) is 12.0 Å². The number of amides is 1. The Balaban J connectivity index is 1.51. The van der Waals surface area contributed by atoms with Crippen molar-refractivity contribution < 1.29 is 4.79 Å². The maximum absolute atomic E-state index is 12.0. The van der Waals surface area contributed by atoms with Crippen molar-refractivity contribution in [1.29, 1.82) is 0 Å². The van der Waals surface area contributed by atoms with Gasteiger partial charge in [-0.15, -0.1) is 11.3 Å². The summed E-state index contributed by atoms with van der Waals surface area (Å²) in [7, 11) is 0. The normalized spacial score (nSPS) is 25.8. The molecule has 2 N–H and O–H groups in total. The molecule has 5 heteroatoms. The fourth-order valence-electron chi connectivity index (χ4n) is 2.82. The molecule has 0 bridgehead atoms. The highest BCUT2D eigenvalue weighted by Crippen LogP contribution is 2.58. The second-order valence-corrected chi connectivity index (χ2v) is 6.03. The molecule has 1 aromatic heterocycles. The number of hydrogen-bond acceptors (Lipinski definition) is 4. The lowest BCUT2D eigenvalue weighted by atomic mass is 9.92. The van der Waals surface area contributed by atoms with Gasteiger partial charge in [-0.05, 0) is 37.8 Å². The highest BCUT2D eigenvalue weighted by atomic mass is 32.1. The molecule has 17 heavy (non-hydrogen) atoms. The van der Waals surface area contributed by atoms with E-state index in [-0.39, 0.29) is 11.8 Å². The third kappa shape index (κ3) is 2.21. The van der Waals surface area contributed by atoms with Gasteiger partial charge in [-0.2, -0.15) is 0 Å². The Kier molecular flexibility index (Phi) is 2.88. The number of piperidine rings is 1. The van der Waals surface area contributed by atoms with Crippen molar-refractivity contribution in [3.63, 3.8) is 0 Å². The summed E-state index contributed by atoms with van der Waals surface area (Å²) in [6.45, 7) is 2.77. The van der Waals surface area contributed by atoms with Crippen LogP contribution < -0.4 is 10.6 Å². The van der Waals surface area contributed by atoms with E-state index in [1.807, 2.05) is 6.20 Å². The lowest BCUT2D eigenvalue weighted by Gasteiger charge is -2.23. The van der Waals surface area contributed by atoms with Crippen molar-refractivity contribution >= 4 is 17.2 Å². The molecule has 1 saturated heterocycles. The van der Waals surface area contributed by atoms with Gasteiger partial charge in [0.05, 0.1) is 12.1 Å². The molecule has 1 aromatic rings. The number of carbonyl (C=O) groups excluding carboxylic acids is 1. The number of hydrogen-bond donors (Lipinski definition) is 2. The fraction of sp³-hybridized carbons (Fsp3) is 0.667. The van der Waals surface area contributed by atoms with Crippen LogP contribution in [0.1, 0.15) is 24.1 Å². The van der Waals surface area contributed by atoms with Gasteiger partial charge in [-0.25, -0.2) is 0 Å². The van der Waals surface area contributed by atoms with E-state index in [9.17, 15) is 4.79 Å². The minimum absolute atomic E-state index is 0.236. The van der Waals surface area contributed by atoms with Crippen molar-refractivity contribution in [3.8, 4) is 0 Å². The van der Waals surface area contributed by atoms with Crippen LogP contribution in [0.3, 0.4) is 0 Å². The average molecular weight is 251 g/mol. The van der Waals surface area contributed by atoms with E-state index in [1.165, 1.54) is 0 Å². The quantitative estimate of drug-likeness (QED) is 0.847. The molecule has 2 heterocycles. The standard InChI is InChI=1S/C12H17N3OS/c16-11(15-7-9-6-14-8-17-9)10-5-12(10)1-3-13-4-2-12/h6,8,10,13H,1-5,7H2,(H,15,16). The molecule has 1 spiro atoms. The molecule has 0 radical (unpaired) electrons. The lowest BCUT2D eigenvalue weighted by molar-refractivity contribution is -0.123. The number of rotatable bonds is 3. The van der Waals surface area contributed by atoms with Crippen LogP contribution in [0.15, 0.2) is 11.7 Å². The number of aromatic nitrogens is 1. The maximum Gasteiger partial charge on any atom is 0.223 e. The predicted octanol–water partition coefficient (Wildman–Crippen LogP) is 1.15. The van der Waals surface area contributed by atoms with Gasteiger partial charge in [-0.3, -0.25) is 9.78 Å². The van der Waals surface area contributed by atoms with E-state index in [2.05, 4.69) is 15.6 Å². The van der Waals surface area contributed by atoms with Gasteiger partial charge in [0.2, 0.25) is 5.91 Å². The summed E-state index contributed by atoms with van der Waals surface area (Å²) in [4.78, 5) is 17.2. The molecule has 4 nitrogen and oxygen atoms in total. The van der Waals surface area contributed by atoms with Gasteiger partial charge >= 0.3 is 0 Å². The van der Waals surface area contributed by atoms with Crippen LogP contribution in [0, 0.1) is 11.3 Å². The second-order valence-electron chi connectivity index (χ2n) is 5.05. The molecule has 2 aliphatic rings. The van der Waals surface area contributed by atoms with Crippen molar-refractivity contribution in [3.05, 3.63) is 16.6 Å². The molecule has 1 atom stereocenters. The van der Waals surface area contributed by atoms with Gasteiger partial charge in [0.1, 0.15) is 0 Å². The Morgan fingerprint density at radius 1 is 1.59 bits per heavy atom. The molecule has 92 valence electrons. The van der Waals surface area contributed by atoms with Gasteiger partial charge in [0.15, 0.2) is 0 Å². The molecule has 1 unspecified atom stereocenters. The smallest absolute Gasteiger partial charge is 0.223 e. The summed E-state index contributed by atoms with van der Waals surface area (Å²) >= 11 is 1.59. The summed E-state index contributed by atoms with van der Waals surface area (Å²) in [6.07, 6.45) is 5.22. The molecular weight excluding hydrogens is 234 g/mol. The minimum Gasteiger partial charge on any atom is -0.351 e. The Labute approximate surface area is 105 Å². The average Bonchev–Trinajstić information content (AvgIpc) is 2.82. The van der Waals surface area contributed by atoms with E-state index in [1.54, 1.807) is 16.8 Å². The first-order valence-corrected chi connectivity index (χ1v) is 7.04. The molecule has 1 amide bonds. The molecule has 1 aliphatic heterocycles. The van der Waals surface area contributed by atoms with Crippen LogP contribution in [0.25, 0.3) is 0 Å². The highest BCUT2D eigenvalue weighted by molar-refractivity contribution is 7.09. The molecular formula is C12H17N3OS. The first-order chi connectivity index (χ1) is 8.30. The zero-order valence-electron chi connectivity index (χ0n) is 9.74. The Hall–Kier alpha value is -0.940. The van der Waals surface area contributed by atoms with Crippen LogP contribution >= 0.6 is 11.3 Å². The molecule has 1 aliphatic carbocycles. The summed E-state index contributed by atoms with van der Waals surface area (Å²) < 4.78 is 0. The summed E-state index contributed by atoms with van der Waals surface area (Å²) in [5, 5.41) is 6.39. The SMILES string of the molecule is O=C(NCc1cncs1)C1CC12CCNCC2. The summed E-state index contributed by atoms with van der Waals surface area (Å²) in [5.74, 6) is 0.498. The maximum atomic E-state index is 12.0. The minimum atomic E-state index is 0.236. The summed E-state index contributed by atoms with van der Waals surface area (Å²) in [6, 6.07) is 0. The van der Waals surface area contributed by atoms with Gasteiger partial charge < -0.3 is 10.6 Å². The van der Waals surface area contributed by atoms with E-state index < -0.39 is 0 Å². The number of carbonyl (C=O) groups is 1. The first kappa shape index (κ1) is 11.2. The van der Waals surface area contributed by atoms with E-state index in [0.717, 1.165) is 37.2 Å². The van der Waals surface area contributed by atoms with Gasteiger partial charge in [0, 0.05) is 17.0 Å². The topological polar surface area (TPSA) is 54.0 Å². The Morgan fingerprint density at radius 3 is 3.12 bits per heavy atom. The predicted molar refractivity (Wildman–Crippen MR) is 66.6 cm³/mol.